The van der Waals surface area contributed by atoms with Crippen molar-refractivity contribution in [1.29, 1.82) is 0 Å². The van der Waals surface area contributed by atoms with Gasteiger partial charge in [-0.25, -0.2) is 0 Å². The fourth-order valence-corrected chi connectivity index (χ4v) is 2.14. The van der Waals surface area contributed by atoms with Gasteiger partial charge in [0.25, 0.3) is 0 Å². The molecule has 4 heteroatoms. The third-order valence-corrected chi connectivity index (χ3v) is 3.85. The van der Waals surface area contributed by atoms with Crippen molar-refractivity contribution in [3.63, 3.8) is 0 Å². The first kappa shape index (κ1) is 16.5. The number of likely N-dealkylation sites (N-methyl/N-ethyl adjacent to an activating group) is 1. The minimum Gasteiger partial charge on any atom is -0.468 e. The van der Waals surface area contributed by atoms with Gasteiger partial charge in [-0.1, -0.05) is 17.7 Å². The van der Waals surface area contributed by atoms with Gasteiger partial charge < -0.3 is 15.0 Å². The summed E-state index contributed by atoms with van der Waals surface area (Å²) in [4.78, 5) is 14.1. The molecule has 112 valence electrons. The molecule has 0 radical (unpaired) electrons. The van der Waals surface area contributed by atoms with Crippen molar-refractivity contribution in [2.45, 2.75) is 32.7 Å². The van der Waals surface area contributed by atoms with Crippen LogP contribution >= 0.6 is 0 Å². The molecule has 0 heterocycles. The van der Waals surface area contributed by atoms with Crippen molar-refractivity contribution in [1.82, 2.24) is 5.32 Å². The Balaban J connectivity index is 2.74. The molecule has 1 aromatic rings. The lowest BCUT2D eigenvalue weighted by molar-refractivity contribution is -0.147. The number of rotatable bonds is 7. The molecule has 0 aliphatic rings. The number of aryl methyl sites for hydroxylation is 1. The molecule has 0 aliphatic carbocycles. The zero-order valence-electron chi connectivity index (χ0n) is 13.2. The molecular formula is C16H26N2O2. The zero-order valence-corrected chi connectivity index (χ0v) is 13.2. The fourth-order valence-electron chi connectivity index (χ4n) is 2.14. The number of carbonyl (C=O) groups excluding carboxylic acids is 1. The van der Waals surface area contributed by atoms with Gasteiger partial charge in [0, 0.05) is 18.8 Å². The predicted octanol–water partition coefficient (Wildman–Crippen LogP) is 2.36. The number of esters is 1. The second-order valence-corrected chi connectivity index (χ2v) is 5.24. The highest BCUT2D eigenvalue weighted by molar-refractivity contribution is 5.80. The average Bonchev–Trinajstić information content (AvgIpc) is 2.48. The lowest BCUT2D eigenvalue weighted by Crippen LogP contribution is -2.50. The summed E-state index contributed by atoms with van der Waals surface area (Å²) in [6, 6.07) is 8.45. The maximum Gasteiger partial charge on any atom is 0.325 e. The topological polar surface area (TPSA) is 41.6 Å². The summed E-state index contributed by atoms with van der Waals surface area (Å²) in [7, 11) is 3.22. The Hall–Kier alpha value is -1.55. The molecule has 0 saturated carbocycles. The van der Waals surface area contributed by atoms with E-state index in [9.17, 15) is 4.79 Å². The zero-order chi connectivity index (χ0) is 15.2. The highest BCUT2D eigenvalue weighted by Gasteiger charge is 2.32. The number of ether oxygens (including phenoxy) is 1. The van der Waals surface area contributed by atoms with E-state index in [4.69, 9.17) is 4.74 Å². The summed E-state index contributed by atoms with van der Waals surface area (Å²) >= 11 is 0. The molecule has 1 N–H and O–H groups in total. The molecule has 1 unspecified atom stereocenters. The SMILES string of the molecule is CCN(CCC(C)(NC)C(=O)OC)c1ccc(C)cc1. The number of methoxy groups -OCH3 is 1. The Bertz CT molecular complexity index is 431. The lowest BCUT2D eigenvalue weighted by atomic mass is 9.97. The van der Waals surface area contributed by atoms with Crippen LogP contribution in [0.2, 0.25) is 0 Å². The molecule has 20 heavy (non-hydrogen) atoms. The summed E-state index contributed by atoms with van der Waals surface area (Å²) in [6.07, 6.45) is 0.692. The molecule has 0 aliphatic heterocycles. The quantitative estimate of drug-likeness (QED) is 0.778. The molecule has 1 rings (SSSR count). The van der Waals surface area contributed by atoms with Gasteiger partial charge in [0.2, 0.25) is 0 Å². The standard InChI is InChI=1S/C16H26N2O2/c1-6-18(14-9-7-13(2)8-10-14)12-11-16(3,17-4)15(19)20-5/h7-10,17H,6,11-12H2,1-5H3. The number of anilines is 1. The van der Waals surface area contributed by atoms with Gasteiger partial charge in [-0.05, 0) is 46.4 Å². The predicted molar refractivity (Wildman–Crippen MR) is 83.2 cm³/mol. The minimum absolute atomic E-state index is 0.222. The highest BCUT2D eigenvalue weighted by Crippen LogP contribution is 2.18. The first-order valence-electron chi connectivity index (χ1n) is 7.05. The van der Waals surface area contributed by atoms with Gasteiger partial charge >= 0.3 is 5.97 Å². The number of nitrogens with one attached hydrogen (secondary N) is 1. The van der Waals surface area contributed by atoms with Crippen LogP contribution in [0.15, 0.2) is 24.3 Å². The van der Waals surface area contributed by atoms with Gasteiger partial charge in [0.05, 0.1) is 7.11 Å². The van der Waals surface area contributed by atoms with Gasteiger partial charge in [-0.2, -0.15) is 0 Å². The van der Waals surface area contributed by atoms with E-state index >= 15 is 0 Å². The summed E-state index contributed by atoms with van der Waals surface area (Å²) < 4.78 is 4.87. The van der Waals surface area contributed by atoms with Crippen LogP contribution in [0.1, 0.15) is 25.8 Å². The summed E-state index contributed by atoms with van der Waals surface area (Å²) in [6.45, 7) is 7.78. The molecular weight excluding hydrogens is 252 g/mol. The van der Waals surface area contributed by atoms with Crippen molar-refractivity contribution in [2.75, 3.05) is 32.1 Å². The van der Waals surface area contributed by atoms with Crippen molar-refractivity contribution >= 4 is 11.7 Å². The van der Waals surface area contributed by atoms with E-state index in [0.717, 1.165) is 13.1 Å². The highest BCUT2D eigenvalue weighted by atomic mass is 16.5. The molecule has 0 bridgehead atoms. The van der Waals surface area contributed by atoms with Crippen molar-refractivity contribution in [3.05, 3.63) is 29.8 Å². The maximum atomic E-state index is 11.8. The number of hydrogen-bond donors (Lipinski definition) is 1. The molecule has 0 aromatic heterocycles. The van der Waals surface area contributed by atoms with E-state index in [0.29, 0.717) is 6.42 Å². The molecule has 0 amide bonds. The second kappa shape index (κ2) is 7.29. The van der Waals surface area contributed by atoms with Gasteiger partial charge in [-0.15, -0.1) is 0 Å². The van der Waals surface area contributed by atoms with Crippen LogP contribution in [0.25, 0.3) is 0 Å². The van der Waals surface area contributed by atoms with E-state index in [1.165, 1.54) is 18.4 Å². The fraction of sp³-hybridized carbons (Fsp3) is 0.562. The van der Waals surface area contributed by atoms with E-state index in [1.54, 1.807) is 7.05 Å². The first-order chi connectivity index (χ1) is 9.46. The number of carbonyl (C=O) groups is 1. The van der Waals surface area contributed by atoms with Gasteiger partial charge in [0.15, 0.2) is 0 Å². The molecule has 1 atom stereocenters. The normalized spacial score (nSPS) is 13.7. The summed E-state index contributed by atoms with van der Waals surface area (Å²) in [5.41, 5.74) is 1.79. The minimum atomic E-state index is -0.646. The molecule has 4 nitrogen and oxygen atoms in total. The third kappa shape index (κ3) is 3.97. The third-order valence-electron chi connectivity index (χ3n) is 3.85. The van der Waals surface area contributed by atoms with Crippen LogP contribution in [0, 0.1) is 6.92 Å². The molecule has 1 aromatic carbocycles. The molecule has 0 fully saturated rings. The number of nitrogens with zero attached hydrogens (tertiary/aromatic N) is 1. The number of hydrogen-bond acceptors (Lipinski definition) is 4. The van der Waals surface area contributed by atoms with Crippen molar-refractivity contribution < 1.29 is 9.53 Å². The van der Waals surface area contributed by atoms with Gasteiger partial charge in [-0.3, -0.25) is 4.79 Å². The van der Waals surface area contributed by atoms with Crippen LogP contribution in [0.3, 0.4) is 0 Å². The van der Waals surface area contributed by atoms with Crippen LogP contribution < -0.4 is 10.2 Å². The van der Waals surface area contributed by atoms with Crippen LogP contribution in [0.4, 0.5) is 5.69 Å². The Morgan fingerprint density at radius 1 is 1.35 bits per heavy atom. The van der Waals surface area contributed by atoms with Crippen molar-refractivity contribution in [2.24, 2.45) is 0 Å². The number of benzene rings is 1. The first-order valence-corrected chi connectivity index (χ1v) is 7.05. The van der Waals surface area contributed by atoms with Crippen LogP contribution in [0.5, 0.6) is 0 Å². The Morgan fingerprint density at radius 3 is 2.40 bits per heavy atom. The van der Waals surface area contributed by atoms with E-state index in [2.05, 4.69) is 48.3 Å². The van der Waals surface area contributed by atoms with E-state index < -0.39 is 5.54 Å². The van der Waals surface area contributed by atoms with E-state index in [-0.39, 0.29) is 5.97 Å². The lowest BCUT2D eigenvalue weighted by Gasteiger charge is -2.30. The molecule has 0 spiro atoms. The Morgan fingerprint density at radius 2 is 1.95 bits per heavy atom. The van der Waals surface area contributed by atoms with Gasteiger partial charge in [0.1, 0.15) is 5.54 Å². The Labute approximate surface area is 122 Å². The largest absolute Gasteiger partial charge is 0.468 e. The summed E-state index contributed by atoms with van der Waals surface area (Å²) in [5, 5.41) is 3.07. The molecule has 0 saturated heterocycles. The smallest absolute Gasteiger partial charge is 0.325 e. The van der Waals surface area contributed by atoms with Crippen LogP contribution in [-0.2, 0) is 9.53 Å². The van der Waals surface area contributed by atoms with Crippen LogP contribution in [-0.4, -0.2) is 38.8 Å². The van der Waals surface area contributed by atoms with E-state index in [1.807, 2.05) is 6.92 Å². The summed E-state index contributed by atoms with van der Waals surface area (Å²) in [5.74, 6) is -0.222. The average molecular weight is 278 g/mol. The monoisotopic (exact) mass is 278 g/mol. The maximum absolute atomic E-state index is 11.8. The van der Waals surface area contributed by atoms with Crippen molar-refractivity contribution in [3.8, 4) is 0 Å². The Kier molecular flexibility index (Phi) is 6.02. The second-order valence-electron chi connectivity index (χ2n) is 5.24.